The van der Waals surface area contributed by atoms with Gasteiger partial charge in [-0.1, -0.05) is 25.0 Å². The van der Waals surface area contributed by atoms with Gasteiger partial charge in [-0.3, -0.25) is 4.79 Å². The summed E-state index contributed by atoms with van der Waals surface area (Å²) in [5, 5.41) is 0. The molecule has 0 aliphatic heterocycles. The second-order valence-electron chi connectivity index (χ2n) is 3.40. The monoisotopic (exact) mass is 197 g/mol. The molecule has 0 rings (SSSR count). The molecule has 0 bridgehead atoms. The number of hydrogen-bond acceptors (Lipinski definition) is 2. The van der Waals surface area contributed by atoms with Gasteiger partial charge in [0, 0.05) is 0 Å². The van der Waals surface area contributed by atoms with Crippen LogP contribution >= 0.6 is 0 Å². The van der Waals surface area contributed by atoms with E-state index in [0.29, 0.717) is 0 Å². The van der Waals surface area contributed by atoms with Gasteiger partial charge in [-0.2, -0.15) is 0 Å². The molecular formula is C12H23NO. The lowest BCUT2D eigenvalue weighted by Gasteiger charge is -1.99. The zero-order chi connectivity index (χ0) is 11.6. The molecule has 2 heteroatoms. The number of carbonyl (C=O) groups excluding carboxylic acids is 1. The van der Waals surface area contributed by atoms with Crippen LogP contribution in [0.15, 0.2) is 23.8 Å². The summed E-state index contributed by atoms with van der Waals surface area (Å²) in [6.45, 7) is 11.6. The van der Waals surface area contributed by atoms with Crippen LogP contribution in [0.3, 0.4) is 0 Å². The minimum absolute atomic E-state index is 0.0735. The molecule has 0 saturated heterocycles. The summed E-state index contributed by atoms with van der Waals surface area (Å²) in [4.78, 5) is 10.9. The Morgan fingerprint density at radius 2 is 1.86 bits per heavy atom. The Morgan fingerprint density at radius 1 is 1.43 bits per heavy atom. The summed E-state index contributed by atoms with van der Waals surface area (Å²) >= 11 is 0. The quantitative estimate of drug-likeness (QED) is 0.556. The first kappa shape index (κ1) is 15.6. The lowest BCUT2D eigenvalue weighted by molar-refractivity contribution is -0.114. The van der Waals surface area contributed by atoms with Gasteiger partial charge >= 0.3 is 0 Å². The van der Waals surface area contributed by atoms with Gasteiger partial charge in [0.05, 0.1) is 6.54 Å². The number of nitrogens with two attached hydrogens (primary N) is 1. The van der Waals surface area contributed by atoms with Gasteiger partial charge < -0.3 is 5.73 Å². The summed E-state index contributed by atoms with van der Waals surface area (Å²) in [5.74, 6) is 0.0735. The number of rotatable bonds is 4. The van der Waals surface area contributed by atoms with E-state index in [9.17, 15) is 4.79 Å². The number of hydrogen-bond donors (Lipinski definition) is 1. The molecule has 0 atom stereocenters. The minimum Gasteiger partial charge on any atom is -0.324 e. The van der Waals surface area contributed by atoms with Crippen molar-refractivity contribution in [1.29, 1.82) is 0 Å². The summed E-state index contributed by atoms with van der Waals surface area (Å²) < 4.78 is 0. The smallest absolute Gasteiger partial charge is 0.172 e. The van der Waals surface area contributed by atoms with Crippen molar-refractivity contribution in [2.24, 2.45) is 5.73 Å². The molecule has 0 aliphatic carbocycles. The predicted molar refractivity (Wildman–Crippen MR) is 63.2 cm³/mol. The van der Waals surface area contributed by atoms with Crippen molar-refractivity contribution >= 4 is 5.78 Å². The topological polar surface area (TPSA) is 43.1 Å². The van der Waals surface area contributed by atoms with E-state index >= 15 is 0 Å². The van der Waals surface area contributed by atoms with E-state index in [4.69, 9.17) is 5.73 Å². The van der Waals surface area contributed by atoms with Gasteiger partial charge in [-0.25, -0.2) is 0 Å². The largest absolute Gasteiger partial charge is 0.324 e. The normalized spacial score (nSPS) is 10.2. The van der Waals surface area contributed by atoms with Crippen LogP contribution in [0.25, 0.3) is 0 Å². The maximum absolute atomic E-state index is 10.9. The van der Waals surface area contributed by atoms with Crippen molar-refractivity contribution in [2.45, 2.75) is 40.5 Å². The third-order valence-electron chi connectivity index (χ3n) is 1.41. The van der Waals surface area contributed by atoms with Gasteiger partial charge in [-0.15, -0.1) is 6.58 Å². The van der Waals surface area contributed by atoms with Crippen molar-refractivity contribution in [3.05, 3.63) is 23.8 Å². The Kier molecular flexibility index (Phi) is 11.3. The second kappa shape index (κ2) is 10.2. The Hall–Kier alpha value is -0.890. The summed E-state index contributed by atoms with van der Waals surface area (Å²) in [7, 11) is 0. The van der Waals surface area contributed by atoms with E-state index in [1.54, 1.807) is 0 Å². The van der Waals surface area contributed by atoms with E-state index in [0.717, 1.165) is 18.4 Å². The van der Waals surface area contributed by atoms with Crippen molar-refractivity contribution < 1.29 is 4.79 Å². The predicted octanol–water partition coefficient (Wildman–Crippen LogP) is 2.84. The average molecular weight is 197 g/mol. The van der Waals surface area contributed by atoms with Gasteiger partial charge in [0.2, 0.25) is 0 Å². The van der Waals surface area contributed by atoms with E-state index in [1.807, 2.05) is 33.8 Å². The molecule has 0 aliphatic rings. The molecule has 82 valence electrons. The van der Waals surface area contributed by atoms with Gasteiger partial charge in [0.15, 0.2) is 5.78 Å². The number of carbonyl (C=O) groups is 1. The second-order valence-corrected chi connectivity index (χ2v) is 3.40. The zero-order valence-corrected chi connectivity index (χ0v) is 9.89. The van der Waals surface area contributed by atoms with Crippen LogP contribution in [0.5, 0.6) is 0 Å². The van der Waals surface area contributed by atoms with Crippen LogP contribution in [0.2, 0.25) is 0 Å². The zero-order valence-electron chi connectivity index (χ0n) is 9.89. The van der Waals surface area contributed by atoms with E-state index < -0.39 is 0 Å². The summed E-state index contributed by atoms with van der Waals surface area (Å²) in [6.07, 6.45) is 3.70. The molecule has 0 aromatic rings. The first-order valence-corrected chi connectivity index (χ1v) is 5.00. The highest BCUT2D eigenvalue weighted by molar-refractivity contribution is 5.96. The molecule has 0 aromatic heterocycles. The van der Waals surface area contributed by atoms with E-state index in [-0.39, 0.29) is 12.3 Å². The third kappa shape index (κ3) is 11.1. The van der Waals surface area contributed by atoms with Crippen LogP contribution in [-0.2, 0) is 4.79 Å². The molecular weight excluding hydrogens is 174 g/mol. The Labute approximate surface area is 87.9 Å². The van der Waals surface area contributed by atoms with Crippen molar-refractivity contribution in [3.63, 3.8) is 0 Å². The maximum Gasteiger partial charge on any atom is 0.172 e. The first-order valence-electron chi connectivity index (χ1n) is 5.00. The molecule has 14 heavy (non-hydrogen) atoms. The minimum atomic E-state index is 0.0735. The van der Waals surface area contributed by atoms with Crippen molar-refractivity contribution in [1.82, 2.24) is 0 Å². The summed E-state index contributed by atoms with van der Waals surface area (Å²) in [6, 6.07) is 0. The maximum atomic E-state index is 10.9. The fourth-order valence-electron chi connectivity index (χ4n) is 0.845. The van der Waals surface area contributed by atoms with Crippen LogP contribution in [0, 0.1) is 0 Å². The molecule has 0 unspecified atom stereocenters. The highest BCUT2D eigenvalue weighted by Crippen LogP contribution is 2.04. The molecule has 2 nitrogen and oxygen atoms in total. The van der Waals surface area contributed by atoms with Crippen LogP contribution in [-0.4, -0.2) is 12.3 Å². The van der Waals surface area contributed by atoms with Crippen LogP contribution in [0.4, 0.5) is 0 Å². The SMILES string of the molecule is C/C=C(\CCC)C(=O)CN.C=C(C)C. The average Bonchev–Trinajstić information content (AvgIpc) is 2.12. The van der Waals surface area contributed by atoms with Gasteiger partial charge in [0.25, 0.3) is 0 Å². The lowest BCUT2D eigenvalue weighted by Crippen LogP contribution is -2.15. The standard InChI is InChI=1S/C8H15NO.C4H8/c1-3-5-7(4-2)8(10)6-9;1-4(2)3/h4H,3,5-6,9H2,1-2H3;1H2,2-3H3/b7-4+;. The molecule has 0 spiro atoms. The lowest BCUT2D eigenvalue weighted by atomic mass is 10.1. The third-order valence-corrected chi connectivity index (χ3v) is 1.41. The number of Topliss-reactive ketones (excluding diaryl/α,β-unsaturated/α-hetero) is 1. The molecule has 0 fully saturated rings. The fraction of sp³-hybridized carbons (Fsp3) is 0.583. The Balaban J connectivity index is 0. The van der Waals surface area contributed by atoms with Gasteiger partial charge in [0.1, 0.15) is 0 Å². The van der Waals surface area contributed by atoms with Gasteiger partial charge in [-0.05, 0) is 32.8 Å². The highest BCUT2D eigenvalue weighted by Gasteiger charge is 2.03. The Morgan fingerprint density at radius 3 is 2.07 bits per heavy atom. The molecule has 2 N–H and O–H groups in total. The summed E-state index contributed by atoms with van der Waals surface area (Å²) in [5.41, 5.74) is 7.22. The molecule has 0 saturated carbocycles. The Bertz CT molecular complexity index is 200. The van der Waals surface area contributed by atoms with E-state index in [2.05, 4.69) is 6.58 Å². The molecule has 0 radical (unpaired) electrons. The number of allylic oxidation sites excluding steroid dienone is 2. The first-order chi connectivity index (χ1) is 6.49. The fourth-order valence-corrected chi connectivity index (χ4v) is 0.845. The molecule has 0 aromatic carbocycles. The molecule has 0 heterocycles. The van der Waals surface area contributed by atoms with Crippen LogP contribution < -0.4 is 5.73 Å². The van der Waals surface area contributed by atoms with Crippen molar-refractivity contribution in [3.8, 4) is 0 Å². The van der Waals surface area contributed by atoms with E-state index in [1.165, 1.54) is 5.57 Å². The number of ketones is 1. The van der Waals surface area contributed by atoms with Crippen molar-refractivity contribution in [2.75, 3.05) is 6.54 Å². The highest BCUT2D eigenvalue weighted by atomic mass is 16.1. The van der Waals surface area contributed by atoms with Crippen LogP contribution in [0.1, 0.15) is 40.5 Å². The molecule has 0 amide bonds.